The van der Waals surface area contributed by atoms with Gasteiger partial charge in [-0.1, -0.05) is 37.1 Å². The highest BCUT2D eigenvalue weighted by Gasteiger charge is 2.36. The van der Waals surface area contributed by atoms with E-state index in [1.54, 1.807) is 36.5 Å². The molecular formula is C27H27N3O4. The Morgan fingerprint density at radius 1 is 0.912 bits per heavy atom. The van der Waals surface area contributed by atoms with Crippen molar-refractivity contribution in [1.82, 2.24) is 10.3 Å². The van der Waals surface area contributed by atoms with E-state index >= 15 is 0 Å². The van der Waals surface area contributed by atoms with Crippen LogP contribution in [0.2, 0.25) is 0 Å². The van der Waals surface area contributed by atoms with Gasteiger partial charge in [0.15, 0.2) is 17.5 Å². The molecule has 2 aromatic carbocycles. The summed E-state index contributed by atoms with van der Waals surface area (Å²) in [6, 6.07) is 19.0. The number of nitrogens with zero attached hydrogens (tertiary/aromatic N) is 2. The fraction of sp³-hybridized carbons (Fsp3) is 0.296. The van der Waals surface area contributed by atoms with Crippen molar-refractivity contribution in [3.63, 3.8) is 0 Å². The van der Waals surface area contributed by atoms with Crippen LogP contribution in [0, 0.1) is 0 Å². The minimum atomic E-state index is -0.926. The van der Waals surface area contributed by atoms with Crippen LogP contribution < -0.4 is 19.7 Å². The highest BCUT2D eigenvalue weighted by Crippen LogP contribution is 2.34. The lowest BCUT2D eigenvalue weighted by Gasteiger charge is -2.32. The second-order valence-corrected chi connectivity index (χ2v) is 8.52. The topological polar surface area (TPSA) is 80.8 Å². The molecule has 0 saturated heterocycles. The Kier molecular flexibility index (Phi) is 6.42. The number of ether oxygens (including phenoxy) is 2. The predicted molar refractivity (Wildman–Crippen MR) is 128 cm³/mol. The van der Waals surface area contributed by atoms with Gasteiger partial charge in [-0.15, -0.1) is 0 Å². The van der Waals surface area contributed by atoms with Gasteiger partial charge >= 0.3 is 0 Å². The summed E-state index contributed by atoms with van der Waals surface area (Å²) in [7, 11) is 0. The molecule has 1 saturated carbocycles. The van der Waals surface area contributed by atoms with E-state index in [4.69, 9.17) is 9.47 Å². The lowest BCUT2D eigenvalue weighted by atomic mass is 10.0. The van der Waals surface area contributed by atoms with Crippen molar-refractivity contribution in [3.05, 3.63) is 84.2 Å². The van der Waals surface area contributed by atoms with Gasteiger partial charge in [-0.05, 0) is 55.3 Å². The monoisotopic (exact) mass is 457 g/mol. The van der Waals surface area contributed by atoms with E-state index in [1.807, 2.05) is 36.4 Å². The molecule has 2 heterocycles. The second kappa shape index (κ2) is 9.95. The minimum absolute atomic E-state index is 0.112. The molecule has 3 aromatic rings. The average Bonchev–Trinajstić information content (AvgIpc) is 3.40. The third kappa shape index (κ3) is 4.59. The van der Waals surface area contributed by atoms with Crippen molar-refractivity contribution >= 4 is 17.5 Å². The molecule has 5 rings (SSSR count). The molecule has 0 spiro atoms. The molecule has 2 aliphatic rings. The Morgan fingerprint density at radius 2 is 1.65 bits per heavy atom. The van der Waals surface area contributed by atoms with Crippen LogP contribution in [0.3, 0.4) is 0 Å². The molecule has 1 N–H and O–H groups in total. The number of benzene rings is 2. The maximum absolute atomic E-state index is 14.0. The lowest BCUT2D eigenvalue weighted by Crippen LogP contribution is -2.46. The number of nitrogens with one attached hydrogen (secondary N) is 1. The standard InChI is InChI=1S/C27H27N3O4/c31-26(29-20-8-4-5-9-20)25(22-12-6-7-15-28-22)30(21-10-2-1-3-11-21)27(32)19-13-14-23-24(18-19)34-17-16-33-23/h1-3,6-7,10-15,18,20,25H,4-5,8-9,16-17H2,(H,29,31)/t25-/m0/s1. The number of anilines is 1. The molecule has 174 valence electrons. The first-order chi connectivity index (χ1) is 16.7. The summed E-state index contributed by atoms with van der Waals surface area (Å²) < 4.78 is 11.3. The smallest absolute Gasteiger partial charge is 0.259 e. The largest absolute Gasteiger partial charge is 0.486 e. The van der Waals surface area contributed by atoms with Gasteiger partial charge in [0.1, 0.15) is 13.2 Å². The molecule has 7 heteroatoms. The van der Waals surface area contributed by atoms with Gasteiger partial charge in [-0.3, -0.25) is 19.5 Å². The van der Waals surface area contributed by atoms with E-state index in [0.717, 1.165) is 25.7 Å². The van der Waals surface area contributed by atoms with Crippen LogP contribution in [0.5, 0.6) is 11.5 Å². The number of para-hydroxylation sites is 1. The van der Waals surface area contributed by atoms with Gasteiger partial charge in [0, 0.05) is 23.5 Å². The van der Waals surface area contributed by atoms with E-state index in [9.17, 15) is 9.59 Å². The first-order valence-corrected chi connectivity index (χ1v) is 11.7. The molecule has 0 bridgehead atoms. The number of rotatable bonds is 6. The second-order valence-electron chi connectivity index (χ2n) is 8.52. The maximum Gasteiger partial charge on any atom is 0.259 e. The number of fused-ring (bicyclic) bond motifs is 1. The molecule has 1 aliphatic carbocycles. The summed E-state index contributed by atoms with van der Waals surface area (Å²) in [6.45, 7) is 0.896. The van der Waals surface area contributed by atoms with Crippen LogP contribution in [0.25, 0.3) is 0 Å². The zero-order chi connectivity index (χ0) is 23.3. The molecule has 0 unspecified atom stereocenters. The van der Waals surface area contributed by atoms with Crippen LogP contribution in [-0.4, -0.2) is 36.1 Å². The summed E-state index contributed by atoms with van der Waals surface area (Å²) in [4.78, 5) is 33.7. The summed E-state index contributed by atoms with van der Waals surface area (Å²) in [6.07, 6.45) is 5.72. The van der Waals surface area contributed by atoms with Gasteiger partial charge in [0.2, 0.25) is 5.91 Å². The Morgan fingerprint density at radius 3 is 2.38 bits per heavy atom. The number of hydrogen-bond acceptors (Lipinski definition) is 5. The van der Waals surface area contributed by atoms with Crippen LogP contribution in [-0.2, 0) is 4.79 Å². The Labute approximate surface area is 198 Å². The Bertz CT molecular complexity index is 1150. The highest BCUT2D eigenvalue weighted by molar-refractivity contribution is 6.10. The van der Waals surface area contributed by atoms with Crippen molar-refractivity contribution in [2.75, 3.05) is 18.1 Å². The van der Waals surface area contributed by atoms with Gasteiger partial charge < -0.3 is 14.8 Å². The molecule has 7 nitrogen and oxygen atoms in total. The maximum atomic E-state index is 14.0. The minimum Gasteiger partial charge on any atom is -0.486 e. The fourth-order valence-electron chi connectivity index (χ4n) is 4.56. The number of hydrogen-bond donors (Lipinski definition) is 1. The number of pyridine rings is 1. The highest BCUT2D eigenvalue weighted by atomic mass is 16.6. The van der Waals surface area contributed by atoms with Crippen LogP contribution in [0.15, 0.2) is 72.9 Å². The summed E-state index contributed by atoms with van der Waals surface area (Å²) in [5.74, 6) is 0.574. The first kappa shape index (κ1) is 21.9. The predicted octanol–water partition coefficient (Wildman–Crippen LogP) is 4.30. The molecule has 1 fully saturated rings. The van der Waals surface area contributed by atoms with Crippen molar-refractivity contribution in [3.8, 4) is 11.5 Å². The lowest BCUT2D eigenvalue weighted by molar-refractivity contribution is -0.123. The molecule has 1 atom stereocenters. The normalized spacial score (nSPS) is 16.0. The van der Waals surface area contributed by atoms with Crippen molar-refractivity contribution in [2.45, 2.75) is 37.8 Å². The summed E-state index contributed by atoms with van der Waals surface area (Å²) >= 11 is 0. The van der Waals surface area contributed by atoms with Crippen LogP contribution >= 0.6 is 0 Å². The molecular weight excluding hydrogens is 430 g/mol. The molecule has 1 aliphatic heterocycles. The van der Waals surface area contributed by atoms with E-state index in [2.05, 4.69) is 10.3 Å². The Hall–Kier alpha value is -3.87. The van der Waals surface area contributed by atoms with Crippen molar-refractivity contribution < 1.29 is 19.1 Å². The van der Waals surface area contributed by atoms with Crippen molar-refractivity contribution in [1.29, 1.82) is 0 Å². The zero-order valence-electron chi connectivity index (χ0n) is 18.9. The molecule has 0 radical (unpaired) electrons. The molecule has 1 aromatic heterocycles. The van der Waals surface area contributed by atoms with E-state index < -0.39 is 6.04 Å². The van der Waals surface area contributed by atoms with Crippen LogP contribution in [0.1, 0.15) is 47.8 Å². The summed E-state index contributed by atoms with van der Waals surface area (Å²) in [5.41, 5.74) is 1.52. The Balaban J connectivity index is 1.57. The zero-order valence-corrected chi connectivity index (χ0v) is 18.9. The number of amides is 2. The van der Waals surface area contributed by atoms with Gasteiger partial charge in [-0.2, -0.15) is 0 Å². The molecule has 2 amide bonds. The number of carbonyl (C=O) groups is 2. The van der Waals surface area contributed by atoms with E-state index in [-0.39, 0.29) is 17.9 Å². The number of carbonyl (C=O) groups excluding carboxylic acids is 2. The average molecular weight is 458 g/mol. The fourth-order valence-corrected chi connectivity index (χ4v) is 4.56. The third-order valence-electron chi connectivity index (χ3n) is 6.22. The molecule has 34 heavy (non-hydrogen) atoms. The van der Waals surface area contributed by atoms with E-state index in [1.165, 1.54) is 4.90 Å². The SMILES string of the molecule is O=C(NC1CCCC1)[C@H](c1ccccn1)N(C(=O)c1ccc2c(c1)OCCO2)c1ccccc1. The van der Waals surface area contributed by atoms with Gasteiger partial charge in [-0.25, -0.2) is 0 Å². The number of aromatic nitrogens is 1. The summed E-state index contributed by atoms with van der Waals surface area (Å²) in [5, 5.41) is 3.17. The quantitative estimate of drug-likeness (QED) is 0.597. The van der Waals surface area contributed by atoms with Gasteiger partial charge in [0.25, 0.3) is 5.91 Å². The van der Waals surface area contributed by atoms with Crippen LogP contribution in [0.4, 0.5) is 5.69 Å². The first-order valence-electron chi connectivity index (χ1n) is 11.7. The third-order valence-corrected chi connectivity index (χ3v) is 6.22. The van der Waals surface area contributed by atoms with Crippen molar-refractivity contribution in [2.24, 2.45) is 0 Å². The van der Waals surface area contributed by atoms with E-state index in [0.29, 0.717) is 41.7 Å². The van der Waals surface area contributed by atoms with Gasteiger partial charge in [0.05, 0.1) is 5.69 Å².